The topological polar surface area (TPSA) is 87.7 Å². The summed E-state index contributed by atoms with van der Waals surface area (Å²) in [5.41, 5.74) is 0. The monoisotopic (exact) mass is 322 g/mol. The summed E-state index contributed by atoms with van der Waals surface area (Å²) >= 11 is 0. The van der Waals surface area contributed by atoms with Crippen molar-refractivity contribution in [2.45, 2.75) is 38.5 Å². The van der Waals surface area contributed by atoms with Crippen molar-refractivity contribution in [2.24, 2.45) is 0 Å². The highest BCUT2D eigenvalue weighted by atomic mass is 16.6. The van der Waals surface area contributed by atoms with Crippen LogP contribution in [0, 0.1) is 0 Å². The van der Waals surface area contributed by atoms with Crippen LogP contribution in [0.4, 0.5) is 4.79 Å². The average molecular weight is 322 g/mol. The summed E-state index contributed by atoms with van der Waals surface area (Å²) in [4.78, 5) is 23.0. The summed E-state index contributed by atoms with van der Waals surface area (Å²) < 4.78 is 5.09. The first-order valence-corrected chi connectivity index (χ1v) is 8.10. The Kier molecular flexibility index (Phi) is 10.3. The van der Waals surface area contributed by atoms with Gasteiger partial charge in [-0.2, -0.15) is 0 Å². The molecule has 0 atom stereocenters. The van der Waals surface area contributed by atoms with E-state index in [1.165, 1.54) is 0 Å². The Labute approximate surface area is 137 Å². The quantitative estimate of drug-likeness (QED) is 0.545. The van der Waals surface area contributed by atoms with E-state index < -0.39 is 6.09 Å². The molecule has 0 saturated carbocycles. The molecule has 1 rings (SSSR count). The van der Waals surface area contributed by atoms with Gasteiger partial charge in [0.05, 0.1) is 0 Å². The summed E-state index contributed by atoms with van der Waals surface area (Å²) in [6.07, 6.45) is 4.03. The van der Waals surface area contributed by atoms with E-state index in [2.05, 4.69) is 10.6 Å². The van der Waals surface area contributed by atoms with Crippen LogP contribution in [0.3, 0.4) is 0 Å². The molecule has 0 aliphatic heterocycles. The van der Waals surface area contributed by atoms with Crippen LogP contribution in [0.5, 0.6) is 5.75 Å². The van der Waals surface area contributed by atoms with Gasteiger partial charge in [0.25, 0.3) is 0 Å². The fraction of sp³-hybridized carbons (Fsp3) is 0.529. The number of para-hydroxylation sites is 1. The van der Waals surface area contributed by atoms with E-state index in [0.29, 0.717) is 25.3 Å². The van der Waals surface area contributed by atoms with Crippen LogP contribution in [0.15, 0.2) is 30.3 Å². The van der Waals surface area contributed by atoms with E-state index in [0.717, 1.165) is 32.1 Å². The number of benzene rings is 1. The minimum atomic E-state index is -0.468. The smallest absolute Gasteiger partial charge is 0.410 e. The number of carbonyl (C=O) groups excluding carboxylic acids is 2. The van der Waals surface area contributed by atoms with Crippen molar-refractivity contribution >= 4 is 12.0 Å². The van der Waals surface area contributed by atoms with Gasteiger partial charge in [0.2, 0.25) is 5.91 Å². The van der Waals surface area contributed by atoms with Crippen LogP contribution in [0.2, 0.25) is 0 Å². The fourth-order valence-electron chi connectivity index (χ4n) is 1.96. The van der Waals surface area contributed by atoms with E-state index in [1.54, 1.807) is 24.3 Å². The second-order valence-electron chi connectivity index (χ2n) is 5.22. The third-order valence-corrected chi connectivity index (χ3v) is 3.21. The number of aliphatic hydroxyl groups is 1. The Morgan fingerprint density at radius 2 is 1.61 bits per heavy atom. The third-order valence-electron chi connectivity index (χ3n) is 3.21. The molecule has 2 amide bonds. The number of aliphatic hydroxyl groups excluding tert-OH is 1. The minimum Gasteiger partial charge on any atom is -0.410 e. The third kappa shape index (κ3) is 10.3. The summed E-state index contributed by atoms with van der Waals surface area (Å²) in [7, 11) is 0. The van der Waals surface area contributed by atoms with Gasteiger partial charge in [-0.05, 0) is 37.8 Å². The van der Waals surface area contributed by atoms with Crippen molar-refractivity contribution in [3.63, 3.8) is 0 Å². The summed E-state index contributed by atoms with van der Waals surface area (Å²) in [5.74, 6) is 0.554. The Bertz CT molecular complexity index is 451. The molecule has 0 radical (unpaired) electrons. The Balaban J connectivity index is 1.94. The molecule has 1 aromatic carbocycles. The molecular weight excluding hydrogens is 296 g/mol. The van der Waals surface area contributed by atoms with Gasteiger partial charge in [-0.15, -0.1) is 0 Å². The predicted molar refractivity (Wildman–Crippen MR) is 88.3 cm³/mol. The van der Waals surface area contributed by atoms with Crippen molar-refractivity contribution in [1.29, 1.82) is 0 Å². The number of hydrogen-bond acceptors (Lipinski definition) is 4. The van der Waals surface area contributed by atoms with Crippen LogP contribution >= 0.6 is 0 Å². The minimum absolute atomic E-state index is 0.0411. The molecule has 0 aliphatic rings. The number of hydrogen-bond donors (Lipinski definition) is 3. The fourth-order valence-corrected chi connectivity index (χ4v) is 1.96. The van der Waals surface area contributed by atoms with Gasteiger partial charge >= 0.3 is 6.09 Å². The Hall–Kier alpha value is -2.08. The highest BCUT2D eigenvalue weighted by Gasteiger charge is 2.03. The maximum Gasteiger partial charge on any atom is 0.412 e. The van der Waals surface area contributed by atoms with E-state index in [9.17, 15) is 9.59 Å². The first-order valence-electron chi connectivity index (χ1n) is 8.10. The van der Waals surface area contributed by atoms with Crippen molar-refractivity contribution < 1.29 is 19.4 Å². The van der Waals surface area contributed by atoms with Gasteiger partial charge < -0.3 is 20.5 Å². The molecule has 0 unspecified atom stereocenters. The first kappa shape index (κ1) is 19.0. The van der Waals surface area contributed by atoms with E-state index >= 15 is 0 Å². The first-order chi connectivity index (χ1) is 11.2. The lowest BCUT2D eigenvalue weighted by atomic mass is 10.2. The lowest BCUT2D eigenvalue weighted by Gasteiger charge is -2.07. The molecule has 0 aliphatic carbocycles. The molecule has 6 heteroatoms. The van der Waals surface area contributed by atoms with Crippen molar-refractivity contribution in [2.75, 3.05) is 19.7 Å². The molecule has 0 spiro atoms. The molecular formula is C17H26N2O4. The van der Waals surface area contributed by atoms with Crippen molar-refractivity contribution in [3.8, 4) is 5.75 Å². The largest absolute Gasteiger partial charge is 0.412 e. The van der Waals surface area contributed by atoms with Crippen molar-refractivity contribution in [3.05, 3.63) is 30.3 Å². The highest BCUT2D eigenvalue weighted by Crippen LogP contribution is 2.07. The van der Waals surface area contributed by atoms with Crippen LogP contribution in [0.25, 0.3) is 0 Å². The average Bonchev–Trinajstić information content (AvgIpc) is 2.56. The van der Waals surface area contributed by atoms with Gasteiger partial charge in [-0.25, -0.2) is 4.79 Å². The molecule has 6 nitrogen and oxygen atoms in total. The zero-order valence-electron chi connectivity index (χ0n) is 13.4. The summed E-state index contributed by atoms with van der Waals surface area (Å²) in [6, 6.07) is 8.89. The van der Waals surface area contributed by atoms with Crippen LogP contribution < -0.4 is 15.4 Å². The lowest BCUT2D eigenvalue weighted by molar-refractivity contribution is -0.121. The zero-order valence-corrected chi connectivity index (χ0v) is 13.4. The molecule has 0 saturated heterocycles. The second-order valence-corrected chi connectivity index (χ2v) is 5.22. The molecule has 0 heterocycles. The van der Waals surface area contributed by atoms with Gasteiger partial charge in [0, 0.05) is 26.1 Å². The van der Waals surface area contributed by atoms with Crippen molar-refractivity contribution in [1.82, 2.24) is 10.6 Å². The number of amides is 2. The van der Waals surface area contributed by atoms with Crippen LogP contribution in [-0.2, 0) is 4.79 Å². The maximum absolute atomic E-state index is 11.5. The molecule has 0 fully saturated rings. The van der Waals surface area contributed by atoms with E-state index in [1.807, 2.05) is 6.07 Å². The van der Waals surface area contributed by atoms with Gasteiger partial charge in [0.1, 0.15) is 5.75 Å². The maximum atomic E-state index is 11.5. The number of unbranched alkanes of at least 4 members (excludes halogenated alkanes) is 3. The molecule has 1 aromatic rings. The van der Waals surface area contributed by atoms with E-state index in [4.69, 9.17) is 9.84 Å². The Morgan fingerprint density at radius 3 is 2.30 bits per heavy atom. The summed E-state index contributed by atoms with van der Waals surface area (Å²) in [5, 5.41) is 14.1. The van der Waals surface area contributed by atoms with Gasteiger partial charge in [-0.1, -0.05) is 24.6 Å². The molecule has 3 N–H and O–H groups in total. The Morgan fingerprint density at radius 1 is 0.913 bits per heavy atom. The number of nitrogens with one attached hydrogen (secondary N) is 2. The molecule has 128 valence electrons. The SMILES string of the molecule is O=C(CCCCCO)NCCCCNC(=O)Oc1ccccc1. The van der Waals surface area contributed by atoms with E-state index in [-0.39, 0.29) is 12.5 Å². The molecule has 0 bridgehead atoms. The predicted octanol–water partition coefficient (Wildman–Crippen LogP) is 2.22. The normalized spacial score (nSPS) is 10.1. The highest BCUT2D eigenvalue weighted by molar-refractivity contribution is 5.75. The lowest BCUT2D eigenvalue weighted by Crippen LogP contribution is -2.29. The van der Waals surface area contributed by atoms with Crippen LogP contribution in [0.1, 0.15) is 38.5 Å². The summed E-state index contributed by atoms with van der Waals surface area (Å²) in [6.45, 7) is 1.30. The van der Waals surface area contributed by atoms with Gasteiger partial charge in [0.15, 0.2) is 0 Å². The zero-order chi connectivity index (χ0) is 16.8. The number of ether oxygens (including phenoxy) is 1. The second kappa shape index (κ2) is 12.5. The molecule has 0 aromatic heterocycles. The van der Waals surface area contributed by atoms with Gasteiger partial charge in [-0.3, -0.25) is 4.79 Å². The molecule has 23 heavy (non-hydrogen) atoms. The number of rotatable bonds is 11. The van der Waals surface area contributed by atoms with Crippen LogP contribution in [-0.4, -0.2) is 36.8 Å². The standard InChI is InChI=1S/C17H26N2O4/c20-14-8-2-5-11-16(21)18-12-6-7-13-19-17(22)23-15-9-3-1-4-10-15/h1,3-4,9-10,20H,2,5-8,11-14H2,(H,18,21)(H,19,22). The number of carbonyl (C=O) groups is 2.